The van der Waals surface area contributed by atoms with Gasteiger partial charge in [-0.25, -0.2) is 0 Å². The quantitative estimate of drug-likeness (QED) is 0.404. The number of amides is 1. The molecule has 1 aromatic heterocycles. The van der Waals surface area contributed by atoms with Crippen LogP contribution < -0.4 is 0 Å². The van der Waals surface area contributed by atoms with Gasteiger partial charge in [-0.2, -0.15) is 0 Å². The normalized spacial score (nSPS) is 18.1. The fourth-order valence-electron chi connectivity index (χ4n) is 3.76. The van der Waals surface area contributed by atoms with Crippen LogP contribution in [0.5, 0.6) is 0 Å². The van der Waals surface area contributed by atoms with Gasteiger partial charge in [0, 0.05) is 24.5 Å². The SMILES string of the molecule is Cc1ccc(/C(O)=C2/C(=O)C(=O)N(Cc3cccnc3)C2c2ccccc2)cc1C. The Hall–Kier alpha value is -3.73. The molecule has 1 aliphatic rings. The van der Waals surface area contributed by atoms with E-state index in [4.69, 9.17) is 0 Å². The summed E-state index contributed by atoms with van der Waals surface area (Å²) >= 11 is 0. The smallest absolute Gasteiger partial charge is 0.295 e. The Kier molecular flexibility index (Phi) is 5.19. The molecule has 0 spiro atoms. The first-order chi connectivity index (χ1) is 14.5. The molecule has 2 heterocycles. The number of likely N-dealkylation sites (tertiary alicyclic amines) is 1. The minimum absolute atomic E-state index is 0.110. The summed E-state index contributed by atoms with van der Waals surface area (Å²) in [5.74, 6) is -1.46. The molecule has 5 heteroatoms. The third-order valence-electron chi connectivity index (χ3n) is 5.51. The van der Waals surface area contributed by atoms with Gasteiger partial charge < -0.3 is 10.0 Å². The second-order valence-electron chi connectivity index (χ2n) is 7.50. The number of rotatable bonds is 4. The van der Waals surface area contributed by atoms with E-state index in [-0.39, 0.29) is 17.9 Å². The Morgan fingerprint density at radius 1 is 1.00 bits per heavy atom. The fourth-order valence-corrected chi connectivity index (χ4v) is 3.76. The molecular formula is C25H22N2O3. The van der Waals surface area contributed by atoms with Crippen molar-refractivity contribution in [2.75, 3.05) is 0 Å². The summed E-state index contributed by atoms with van der Waals surface area (Å²) in [5, 5.41) is 11.1. The van der Waals surface area contributed by atoms with Gasteiger partial charge in [-0.05, 0) is 48.2 Å². The minimum Gasteiger partial charge on any atom is -0.507 e. The molecule has 1 unspecified atom stereocenters. The van der Waals surface area contributed by atoms with E-state index in [1.54, 1.807) is 24.5 Å². The minimum atomic E-state index is -0.677. The molecule has 1 N–H and O–H groups in total. The van der Waals surface area contributed by atoms with Crippen molar-refractivity contribution in [2.45, 2.75) is 26.4 Å². The zero-order valence-corrected chi connectivity index (χ0v) is 16.9. The standard InChI is InChI=1S/C25H22N2O3/c1-16-10-11-20(13-17(16)2)23(28)21-22(19-8-4-3-5-9-19)27(25(30)24(21)29)15-18-7-6-12-26-14-18/h3-14,22,28H,15H2,1-2H3/b23-21-. The van der Waals surface area contributed by atoms with Crippen molar-refractivity contribution in [3.05, 3.63) is 106 Å². The van der Waals surface area contributed by atoms with Gasteiger partial charge in [-0.3, -0.25) is 14.6 Å². The Morgan fingerprint density at radius 3 is 2.43 bits per heavy atom. The van der Waals surface area contributed by atoms with Crippen molar-refractivity contribution in [3.63, 3.8) is 0 Å². The number of Topliss-reactive ketones (excluding diaryl/α,β-unsaturated/α-hetero) is 1. The molecule has 1 saturated heterocycles. The van der Waals surface area contributed by atoms with E-state index >= 15 is 0 Å². The van der Waals surface area contributed by atoms with Crippen LogP contribution >= 0.6 is 0 Å². The molecule has 4 rings (SSSR count). The van der Waals surface area contributed by atoms with Crippen LogP contribution in [0.1, 0.15) is 33.9 Å². The van der Waals surface area contributed by atoms with Crippen molar-refractivity contribution < 1.29 is 14.7 Å². The van der Waals surface area contributed by atoms with Crippen molar-refractivity contribution in [1.82, 2.24) is 9.88 Å². The maximum Gasteiger partial charge on any atom is 0.295 e. The van der Waals surface area contributed by atoms with Crippen molar-refractivity contribution in [3.8, 4) is 0 Å². The molecule has 30 heavy (non-hydrogen) atoms. The Labute approximate surface area is 175 Å². The summed E-state index contributed by atoms with van der Waals surface area (Å²) in [6.45, 7) is 4.15. The Balaban J connectivity index is 1.86. The molecule has 0 aliphatic carbocycles. The summed E-state index contributed by atoms with van der Waals surface area (Å²) in [4.78, 5) is 31.6. The van der Waals surface area contributed by atoms with Crippen molar-refractivity contribution >= 4 is 17.4 Å². The van der Waals surface area contributed by atoms with E-state index in [2.05, 4.69) is 4.98 Å². The van der Waals surface area contributed by atoms with Gasteiger partial charge in [0.1, 0.15) is 5.76 Å². The number of aromatic nitrogens is 1. The van der Waals surface area contributed by atoms with Gasteiger partial charge in [0.2, 0.25) is 0 Å². The number of aliphatic hydroxyl groups excluding tert-OH is 1. The maximum absolute atomic E-state index is 13.0. The molecule has 2 aromatic carbocycles. The van der Waals surface area contributed by atoms with E-state index < -0.39 is 17.7 Å². The second kappa shape index (κ2) is 7.95. The lowest BCUT2D eigenvalue weighted by atomic mass is 9.94. The van der Waals surface area contributed by atoms with Crippen LogP contribution in [0.4, 0.5) is 0 Å². The van der Waals surface area contributed by atoms with Crippen molar-refractivity contribution in [2.24, 2.45) is 0 Å². The van der Waals surface area contributed by atoms with Gasteiger partial charge in [0.25, 0.3) is 11.7 Å². The lowest BCUT2D eigenvalue weighted by Gasteiger charge is -2.25. The summed E-state index contributed by atoms with van der Waals surface area (Å²) in [6.07, 6.45) is 3.33. The maximum atomic E-state index is 13.0. The third kappa shape index (κ3) is 3.50. The fraction of sp³-hybridized carbons (Fsp3) is 0.160. The van der Waals surface area contributed by atoms with Gasteiger partial charge in [0.05, 0.1) is 11.6 Å². The third-order valence-corrected chi connectivity index (χ3v) is 5.51. The Morgan fingerprint density at radius 2 is 1.77 bits per heavy atom. The second-order valence-corrected chi connectivity index (χ2v) is 7.50. The van der Waals surface area contributed by atoms with Crippen LogP contribution in [0, 0.1) is 13.8 Å². The summed E-state index contributed by atoms with van der Waals surface area (Å²) in [7, 11) is 0. The topological polar surface area (TPSA) is 70.5 Å². The average molecular weight is 398 g/mol. The lowest BCUT2D eigenvalue weighted by Crippen LogP contribution is -2.29. The lowest BCUT2D eigenvalue weighted by molar-refractivity contribution is -0.140. The van der Waals surface area contributed by atoms with Crippen LogP contribution in [0.25, 0.3) is 5.76 Å². The average Bonchev–Trinajstić information content (AvgIpc) is 3.01. The number of pyridine rings is 1. The molecule has 1 fully saturated rings. The van der Waals surface area contributed by atoms with Gasteiger partial charge in [-0.15, -0.1) is 0 Å². The molecule has 1 aliphatic heterocycles. The highest BCUT2D eigenvalue weighted by atomic mass is 16.3. The van der Waals surface area contributed by atoms with Crippen molar-refractivity contribution in [1.29, 1.82) is 0 Å². The van der Waals surface area contributed by atoms with Gasteiger partial charge in [-0.1, -0.05) is 48.5 Å². The number of aliphatic hydroxyl groups is 1. The number of aryl methyl sites for hydroxylation is 2. The number of hydrogen-bond donors (Lipinski definition) is 1. The number of ketones is 1. The van der Waals surface area contributed by atoms with E-state index in [1.165, 1.54) is 4.90 Å². The highest BCUT2D eigenvalue weighted by Gasteiger charge is 2.46. The molecule has 0 bridgehead atoms. The first-order valence-electron chi connectivity index (χ1n) is 9.77. The van der Waals surface area contributed by atoms with Crippen LogP contribution in [-0.4, -0.2) is 26.7 Å². The molecule has 150 valence electrons. The monoisotopic (exact) mass is 398 g/mol. The molecule has 5 nitrogen and oxygen atoms in total. The summed E-state index contributed by atoms with van der Waals surface area (Å²) < 4.78 is 0. The van der Waals surface area contributed by atoms with Crippen LogP contribution in [0.3, 0.4) is 0 Å². The Bertz CT molecular complexity index is 1140. The zero-order valence-electron chi connectivity index (χ0n) is 16.9. The zero-order chi connectivity index (χ0) is 21.3. The van der Waals surface area contributed by atoms with Gasteiger partial charge in [0.15, 0.2) is 0 Å². The molecule has 1 amide bonds. The van der Waals surface area contributed by atoms with Crippen LogP contribution in [0.15, 0.2) is 78.6 Å². The van der Waals surface area contributed by atoms with E-state index in [0.717, 1.165) is 22.3 Å². The first-order valence-corrected chi connectivity index (χ1v) is 9.77. The van der Waals surface area contributed by atoms with Crippen LogP contribution in [0.2, 0.25) is 0 Å². The first kappa shape index (κ1) is 19.6. The van der Waals surface area contributed by atoms with E-state index in [9.17, 15) is 14.7 Å². The number of carbonyl (C=O) groups is 2. The molecular weight excluding hydrogens is 376 g/mol. The van der Waals surface area contributed by atoms with Crippen LogP contribution in [-0.2, 0) is 16.1 Å². The van der Waals surface area contributed by atoms with E-state index in [1.807, 2.05) is 62.4 Å². The highest BCUT2D eigenvalue weighted by Crippen LogP contribution is 2.40. The predicted molar refractivity (Wildman–Crippen MR) is 114 cm³/mol. The highest BCUT2D eigenvalue weighted by molar-refractivity contribution is 6.46. The van der Waals surface area contributed by atoms with E-state index in [0.29, 0.717) is 5.56 Å². The number of benzene rings is 2. The summed E-state index contributed by atoms with van der Waals surface area (Å²) in [5.41, 5.74) is 4.30. The van der Waals surface area contributed by atoms with Gasteiger partial charge >= 0.3 is 0 Å². The molecule has 0 saturated carbocycles. The molecule has 1 atom stereocenters. The predicted octanol–water partition coefficient (Wildman–Crippen LogP) is 4.32. The number of carbonyl (C=O) groups excluding carboxylic acids is 2. The largest absolute Gasteiger partial charge is 0.507 e. The molecule has 0 radical (unpaired) electrons. The molecule has 3 aromatic rings. The number of hydrogen-bond acceptors (Lipinski definition) is 4. The summed E-state index contributed by atoms with van der Waals surface area (Å²) in [6, 6.07) is 17.8. The number of nitrogens with zero attached hydrogens (tertiary/aromatic N) is 2.